The fourth-order valence-corrected chi connectivity index (χ4v) is 2.83. The average Bonchev–Trinajstić information content (AvgIpc) is 2.40. The maximum Gasteiger partial charge on any atom is 0.0234 e. The Labute approximate surface area is 109 Å². The smallest absolute Gasteiger partial charge is 0.0234 e. The van der Waals surface area contributed by atoms with E-state index in [-0.39, 0.29) is 0 Å². The monoisotopic (exact) mass is 250 g/mol. The van der Waals surface area contributed by atoms with Gasteiger partial charge in [0.05, 0.1) is 0 Å². The molecule has 0 spiro atoms. The molecule has 1 saturated heterocycles. The molecule has 1 aliphatic rings. The molecule has 0 aliphatic carbocycles. The summed E-state index contributed by atoms with van der Waals surface area (Å²) in [5.74, 6) is 0. The van der Waals surface area contributed by atoms with E-state index in [4.69, 9.17) is 0 Å². The van der Waals surface area contributed by atoms with Crippen molar-refractivity contribution in [3.05, 3.63) is 29.8 Å². The van der Waals surface area contributed by atoms with Crippen molar-refractivity contribution in [2.24, 2.45) is 0 Å². The lowest BCUT2D eigenvalue weighted by Crippen LogP contribution is -2.43. The summed E-state index contributed by atoms with van der Waals surface area (Å²) in [5, 5.41) is 3.39. The molecule has 0 bridgehead atoms. The van der Waals surface area contributed by atoms with Gasteiger partial charge in [-0.1, -0.05) is 12.1 Å². The van der Waals surface area contributed by atoms with Gasteiger partial charge in [0.2, 0.25) is 0 Å². The first-order chi connectivity index (χ1) is 8.31. The van der Waals surface area contributed by atoms with Crippen LogP contribution in [0.15, 0.2) is 29.2 Å². The van der Waals surface area contributed by atoms with Gasteiger partial charge in [-0.25, -0.2) is 0 Å². The third-order valence-corrected chi connectivity index (χ3v) is 4.22. The van der Waals surface area contributed by atoms with E-state index < -0.39 is 0 Å². The number of hydrogen-bond donors (Lipinski definition) is 1. The number of likely N-dealkylation sites (tertiary alicyclic amines) is 1. The second-order valence-corrected chi connectivity index (χ2v) is 5.59. The predicted octanol–water partition coefficient (Wildman–Crippen LogP) is 2.59. The van der Waals surface area contributed by atoms with Gasteiger partial charge in [0.25, 0.3) is 0 Å². The van der Waals surface area contributed by atoms with Gasteiger partial charge >= 0.3 is 0 Å². The molecule has 1 aromatic rings. The second kappa shape index (κ2) is 6.43. The minimum Gasteiger partial charge on any atom is -0.316 e. The summed E-state index contributed by atoms with van der Waals surface area (Å²) in [6, 6.07) is 9.64. The highest BCUT2D eigenvalue weighted by molar-refractivity contribution is 7.98. The highest BCUT2D eigenvalue weighted by atomic mass is 32.2. The molecule has 0 saturated carbocycles. The van der Waals surface area contributed by atoms with Crippen LogP contribution in [0.1, 0.15) is 18.4 Å². The van der Waals surface area contributed by atoms with Crippen molar-refractivity contribution in [2.75, 3.05) is 26.4 Å². The Balaban J connectivity index is 1.90. The molecule has 1 heterocycles. The number of thioether (sulfide) groups is 1. The van der Waals surface area contributed by atoms with E-state index in [1.807, 2.05) is 0 Å². The van der Waals surface area contributed by atoms with Gasteiger partial charge in [-0.15, -0.1) is 11.8 Å². The third kappa shape index (κ3) is 3.73. The van der Waals surface area contributed by atoms with Crippen LogP contribution in [-0.2, 0) is 6.54 Å². The van der Waals surface area contributed by atoms with Crippen molar-refractivity contribution >= 4 is 11.8 Å². The van der Waals surface area contributed by atoms with Gasteiger partial charge in [-0.05, 0) is 50.4 Å². The van der Waals surface area contributed by atoms with Crippen molar-refractivity contribution in [3.8, 4) is 0 Å². The van der Waals surface area contributed by atoms with E-state index in [1.54, 1.807) is 11.8 Å². The zero-order valence-electron chi connectivity index (χ0n) is 10.8. The Morgan fingerprint density at radius 3 is 2.76 bits per heavy atom. The molecule has 1 fully saturated rings. The fraction of sp³-hybridized carbons (Fsp3) is 0.571. The number of rotatable bonds is 4. The SMILES string of the molecule is CNC1CCCN(Cc2ccc(SC)cc2)C1. The van der Waals surface area contributed by atoms with Crippen LogP contribution >= 0.6 is 11.8 Å². The van der Waals surface area contributed by atoms with E-state index >= 15 is 0 Å². The Kier molecular flexibility index (Phi) is 4.89. The molecule has 1 N–H and O–H groups in total. The van der Waals surface area contributed by atoms with Gasteiger partial charge < -0.3 is 5.32 Å². The Morgan fingerprint density at radius 2 is 2.12 bits per heavy atom. The zero-order chi connectivity index (χ0) is 12.1. The van der Waals surface area contributed by atoms with Gasteiger partial charge in [-0.3, -0.25) is 4.90 Å². The van der Waals surface area contributed by atoms with Crippen molar-refractivity contribution in [1.82, 2.24) is 10.2 Å². The Hall–Kier alpha value is -0.510. The molecule has 0 amide bonds. The van der Waals surface area contributed by atoms with Crippen LogP contribution in [0.5, 0.6) is 0 Å². The van der Waals surface area contributed by atoms with Gasteiger partial charge in [0.15, 0.2) is 0 Å². The lowest BCUT2D eigenvalue weighted by molar-refractivity contribution is 0.188. The van der Waals surface area contributed by atoms with Crippen LogP contribution in [0.2, 0.25) is 0 Å². The minimum absolute atomic E-state index is 0.675. The van der Waals surface area contributed by atoms with E-state index in [2.05, 4.69) is 47.8 Å². The molecular formula is C14H22N2S. The summed E-state index contributed by atoms with van der Waals surface area (Å²) < 4.78 is 0. The molecule has 3 heteroatoms. The topological polar surface area (TPSA) is 15.3 Å². The lowest BCUT2D eigenvalue weighted by atomic mass is 10.1. The van der Waals surface area contributed by atoms with E-state index in [1.165, 1.54) is 36.4 Å². The van der Waals surface area contributed by atoms with Crippen LogP contribution in [0.4, 0.5) is 0 Å². The molecule has 1 aromatic carbocycles. The molecular weight excluding hydrogens is 228 g/mol. The van der Waals surface area contributed by atoms with Gasteiger partial charge in [0.1, 0.15) is 0 Å². The predicted molar refractivity (Wildman–Crippen MR) is 75.6 cm³/mol. The molecule has 0 aromatic heterocycles. The van der Waals surface area contributed by atoms with Gasteiger partial charge in [-0.2, -0.15) is 0 Å². The third-order valence-electron chi connectivity index (χ3n) is 3.48. The molecule has 2 rings (SSSR count). The van der Waals surface area contributed by atoms with Gasteiger partial charge in [0, 0.05) is 24.0 Å². The van der Waals surface area contributed by atoms with Crippen molar-refractivity contribution in [2.45, 2.75) is 30.3 Å². The first kappa shape index (κ1) is 12.9. The highest BCUT2D eigenvalue weighted by Crippen LogP contribution is 2.17. The Bertz CT molecular complexity index is 337. The van der Waals surface area contributed by atoms with Crippen LogP contribution in [0.25, 0.3) is 0 Å². The zero-order valence-corrected chi connectivity index (χ0v) is 11.6. The summed E-state index contributed by atoms with van der Waals surface area (Å²) in [7, 11) is 2.07. The first-order valence-corrected chi connectivity index (χ1v) is 7.57. The summed E-state index contributed by atoms with van der Waals surface area (Å²) in [6.45, 7) is 3.51. The largest absolute Gasteiger partial charge is 0.316 e. The molecule has 1 unspecified atom stereocenters. The first-order valence-electron chi connectivity index (χ1n) is 6.34. The summed E-state index contributed by atoms with van der Waals surface area (Å²) in [6.07, 6.45) is 4.75. The molecule has 0 radical (unpaired) electrons. The number of nitrogens with zero attached hydrogens (tertiary/aromatic N) is 1. The molecule has 1 atom stereocenters. The number of nitrogens with one attached hydrogen (secondary N) is 1. The van der Waals surface area contributed by atoms with Crippen LogP contribution in [-0.4, -0.2) is 37.3 Å². The van der Waals surface area contributed by atoms with E-state index in [0.29, 0.717) is 6.04 Å². The normalized spacial score (nSPS) is 21.6. The number of piperidine rings is 1. The highest BCUT2D eigenvalue weighted by Gasteiger charge is 2.17. The van der Waals surface area contributed by atoms with Crippen molar-refractivity contribution in [1.29, 1.82) is 0 Å². The summed E-state index contributed by atoms with van der Waals surface area (Å²) in [5.41, 5.74) is 1.43. The lowest BCUT2D eigenvalue weighted by Gasteiger charge is -2.32. The Morgan fingerprint density at radius 1 is 1.35 bits per heavy atom. The van der Waals surface area contributed by atoms with Crippen molar-refractivity contribution in [3.63, 3.8) is 0 Å². The van der Waals surface area contributed by atoms with E-state index in [9.17, 15) is 0 Å². The number of benzene rings is 1. The molecule has 2 nitrogen and oxygen atoms in total. The number of hydrogen-bond acceptors (Lipinski definition) is 3. The van der Waals surface area contributed by atoms with E-state index in [0.717, 1.165) is 6.54 Å². The average molecular weight is 250 g/mol. The summed E-state index contributed by atoms with van der Waals surface area (Å²) in [4.78, 5) is 3.90. The maximum atomic E-state index is 3.39. The van der Waals surface area contributed by atoms with Crippen LogP contribution < -0.4 is 5.32 Å². The molecule has 1 aliphatic heterocycles. The fourth-order valence-electron chi connectivity index (χ4n) is 2.42. The summed E-state index contributed by atoms with van der Waals surface area (Å²) >= 11 is 1.80. The second-order valence-electron chi connectivity index (χ2n) is 4.71. The quantitative estimate of drug-likeness (QED) is 0.827. The van der Waals surface area contributed by atoms with Crippen LogP contribution in [0, 0.1) is 0 Å². The molecule has 17 heavy (non-hydrogen) atoms. The van der Waals surface area contributed by atoms with Crippen molar-refractivity contribution < 1.29 is 0 Å². The minimum atomic E-state index is 0.675. The standard InChI is InChI=1S/C14H22N2S/c1-15-13-4-3-9-16(11-13)10-12-5-7-14(17-2)8-6-12/h5-8,13,15H,3-4,9-11H2,1-2H3. The number of likely N-dealkylation sites (N-methyl/N-ethyl adjacent to an activating group) is 1. The maximum absolute atomic E-state index is 3.39. The van der Waals surface area contributed by atoms with Crippen LogP contribution in [0.3, 0.4) is 0 Å². The molecule has 94 valence electrons.